The van der Waals surface area contributed by atoms with Crippen molar-refractivity contribution in [3.8, 4) is 6.07 Å². The summed E-state index contributed by atoms with van der Waals surface area (Å²) in [7, 11) is 2.00. The smallest absolute Gasteiger partial charge is 0.201 e. The lowest BCUT2D eigenvalue weighted by Gasteiger charge is -2.27. The Hall–Kier alpha value is -2.70. The first-order valence-electron chi connectivity index (χ1n) is 11.2. The van der Waals surface area contributed by atoms with Gasteiger partial charge in [0, 0.05) is 44.2 Å². The Labute approximate surface area is 193 Å². The van der Waals surface area contributed by atoms with Gasteiger partial charge in [-0.25, -0.2) is 0 Å². The van der Waals surface area contributed by atoms with Crippen LogP contribution in [0.3, 0.4) is 0 Å². The molecule has 4 heterocycles. The summed E-state index contributed by atoms with van der Waals surface area (Å²) < 4.78 is 7.66. The fraction of sp³-hybridized carbons (Fsp3) is 0.522. The molecule has 2 aromatic rings. The van der Waals surface area contributed by atoms with Crippen molar-refractivity contribution in [3.05, 3.63) is 41.4 Å². The monoisotopic (exact) mass is 451 g/mol. The van der Waals surface area contributed by atoms with Crippen LogP contribution in [0.4, 0.5) is 5.69 Å². The first kappa shape index (κ1) is 21.2. The highest BCUT2D eigenvalue weighted by atomic mass is 32.2. The quantitative estimate of drug-likeness (QED) is 0.508. The summed E-state index contributed by atoms with van der Waals surface area (Å²) in [5, 5.41) is 22.0. The Morgan fingerprint density at radius 3 is 3.03 bits per heavy atom. The molecule has 3 aliphatic rings. The third kappa shape index (κ3) is 4.05. The lowest BCUT2D eigenvalue weighted by molar-refractivity contribution is 0.287. The Morgan fingerprint density at radius 1 is 1.31 bits per heavy atom. The molecule has 0 amide bonds. The van der Waals surface area contributed by atoms with Gasteiger partial charge in [-0.15, -0.1) is 10.2 Å². The number of anilines is 1. The zero-order valence-corrected chi connectivity index (χ0v) is 19.4. The number of rotatable bonds is 7. The Bertz CT molecular complexity index is 1060. The van der Waals surface area contributed by atoms with Gasteiger partial charge in [0.1, 0.15) is 0 Å². The number of hydrogen-bond donors (Lipinski definition) is 1. The molecule has 1 N–H and O–H groups in total. The van der Waals surface area contributed by atoms with Gasteiger partial charge in [0.15, 0.2) is 17.6 Å². The summed E-state index contributed by atoms with van der Waals surface area (Å²) in [5.74, 6) is 3.32. The molecular weight excluding hydrogens is 422 g/mol. The molecule has 2 saturated heterocycles. The standard InChI is InChI=1S/C23H29N7OS/c1-16-21(31-15-25-16)22-26-27-23(28(22)2)32-10-4-8-29-13-18-7-9-30(20(18)14-29)19-6-3-5-17(11-19)12-24/h3,5-6,11,18,20,25H,4,7-10,13-15H2,1-2H3. The number of allylic oxidation sites excluding steroid dienone is 1. The van der Waals surface area contributed by atoms with E-state index < -0.39 is 0 Å². The molecule has 3 aliphatic heterocycles. The van der Waals surface area contributed by atoms with Crippen LogP contribution >= 0.6 is 11.8 Å². The van der Waals surface area contributed by atoms with E-state index in [-0.39, 0.29) is 0 Å². The molecule has 2 atom stereocenters. The molecule has 168 valence electrons. The van der Waals surface area contributed by atoms with Crippen LogP contribution in [0, 0.1) is 17.2 Å². The topological polar surface area (TPSA) is 82.2 Å². The molecular formula is C23H29N7OS. The van der Waals surface area contributed by atoms with E-state index in [0.717, 1.165) is 65.7 Å². The van der Waals surface area contributed by atoms with Gasteiger partial charge in [-0.05, 0) is 50.4 Å². The van der Waals surface area contributed by atoms with Crippen LogP contribution in [0.15, 0.2) is 35.1 Å². The zero-order chi connectivity index (χ0) is 22.1. The molecule has 0 spiro atoms. The lowest BCUT2D eigenvalue weighted by Crippen LogP contribution is -2.35. The molecule has 8 nitrogen and oxygen atoms in total. The number of hydrogen-bond acceptors (Lipinski definition) is 8. The molecule has 0 aliphatic carbocycles. The molecule has 0 radical (unpaired) electrons. The SMILES string of the molecule is CC1=C(c2nnc(SCCCN3CC4CCN(c5cccc(C#N)c5)C4C3)n2C)OCN1. The van der Waals surface area contributed by atoms with Gasteiger partial charge in [-0.1, -0.05) is 17.8 Å². The van der Waals surface area contributed by atoms with Gasteiger partial charge in [0.25, 0.3) is 0 Å². The van der Waals surface area contributed by atoms with E-state index in [4.69, 9.17) is 4.74 Å². The number of ether oxygens (including phenoxy) is 1. The van der Waals surface area contributed by atoms with E-state index in [9.17, 15) is 5.26 Å². The van der Waals surface area contributed by atoms with Crippen LogP contribution in [0.25, 0.3) is 5.76 Å². The van der Waals surface area contributed by atoms with E-state index in [0.29, 0.717) is 12.8 Å². The molecule has 1 aromatic heterocycles. The fourth-order valence-corrected chi connectivity index (χ4v) is 5.87. The fourth-order valence-electron chi connectivity index (χ4n) is 5.03. The molecule has 0 saturated carbocycles. The summed E-state index contributed by atoms with van der Waals surface area (Å²) >= 11 is 1.76. The van der Waals surface area contributed by atoms with E-state index in [1.54, 1.807) is 11.8 Å². The van der Waals surface area contributed by atoms with Crippen LogP contribution in [0.1, 0.15) is 31.2 Å². The molecule has 5 rings (SSSR count). The van der Waals surface area contributed by atoms with Gasteiger partial charge < -0.3 is 24.4 Å². The summed E-state index contributed by atoms with van der Waals surface area (Å²) in [6.45, 7) is 6.98. The number of nitrogens with zero attached hydrogens (tertiary/aromatic N) is 6. The molecule has 32 heavy (non-hydrogen) atoms. The maximum atomic E-state index is 9.22. The molecule has 0 bridgehead atoms. The first-order valence-corrected chi connectivity index (χ1v) is 12.2. The minimum atomic E-state index is 0.496. The number of aromatic nitrogens is 3. The number of nitriles is 1. The lowest BCUT2D eigenvalue weighted by atomic mass is 10.0. The number of benzene rings is 1. The number of thioether (sulfide) groups is 1. The van der Waals surface area contributed by atoms with Crippen molar-refractivity contribution >= 4 is 23.2 Å². The third-order valence-electron chi connectivity index (χ3n) is 6.71. The minimum Gasteiger partial charge on any atom is -0.468 e. The average molecular weight is 452 g/mol. The zero-order valence-electron chi connectivity index (χ0n) is 18.6. The summed E-state index contributed by atoms with van der Waals surface area (Å²) in [5.41, 5.74) is 2.94. The van der Waals surface area contributed by atoms with Crippen LogP contribution in [0.5, 0.6) is 0 Å². The van der Waals surface area contributed by atoms with Crippen LogP contribution in [-0.4, -0.2) is 64.4 Å². The van der Waals surface area contributed by atoms with Crippen LogP contribution in [-0.2, 0) is 11.8 Å². The van der Waals surface area contributed by atoms with Crippen molar-refractivity contribution in [1.82, 2.24) is 25.0 Å². The molecule has 2 fully saturated rings. The second-order valence-electron chi connectivity index (χ2n) is 8.72. The highest BCUT2D eigenvalue weighted by Gasteiger charge is 2.41. The number of fused-ring (bicyclic) bond motifs is 1. The van der Waals surface area contributed by atoms with Crippen LogP contribution in [0.2, 0.25) is 0 Å². The first-order chi connectivity index (χ1) is 15.6. The third-order valence-corrected chi connectivity index (χ3v) is 7.82. The van der Waals surface area contributed by atoms with E-state index in [2.05, 4.69) is 37.4 Å². The van der Waals surface area contributed by atoms with E-state index >= 15 is 0 Å². The molecule has 2 unspecified atom stereocenters. The Balaban J connectivity index is 1.12. The van der Waals surface area contributed by atoms with Crippen molar-refractivity contribution in [2.75, 3.05) is 43.6 Å². The second-order valence-corrected chi connectivity index (χ2v) is 9.78. The maximum Gasteiger partial charge on any atom is 0.201 e. The van der Waals surface area contributed by atoms with E-state index in [1.807, 2.05) is 36.7 Å². The van der Waals surface area contributed by atoms with Gasteiger partial charge in [-0.3, -0.25) is 0 Å². The van der Waals surface area contributed by atoms with Gasteiger partial charge in [-0.2, -0.15) is 5.26 Å². The normalized spacial score (nSPS) is 22.7. The summed E-state index contributed by atoms with van der Waals surface area (Å²) in [6, 6.07) is 10.9. The van der Waals surface area contributed by atoms with Crippen molar-refractivity contribution in [2.24, 2.45) is 13.0 Å². The summed E-state index contributed by atoms with van der Waals surface area (Å²) in [6.07, 6.45) is 2.36. The molecule has 1 aromatic carbocycles. The summed E-state index contributed by atoms with van der Waals surface area (Å²) in [4.78, 5) is 5.11. The Kier molecular flexibility index (Phi) is 5.98. The van der Waals surface area contributed by atoms with Crippen molar-refractivity contribution in [2.45, 2.75) is 31.0 Å². The number of nitrogens with one attached hydrogen (secondary N) is 1. The molecule has 9 heteroatoms. The predicted octanol–water partition coefficient (Wildman–Crippen LogP) is 2.65. The van der Waals surface area contributed by atoms with Crippen LogP contribution < -0.4 is 10.2 Å². The van der Waals surface area contributed by atoms with Crippen molar-refractivity contribution in [3.63, 3.8) is 0 Å². The van der Waals surface area contributed by atoms with Gasteiger partial charge in [0.2, 0.25) is 5.82 Å². The Morgan fingerprint density at radius 2 is 2.22 bits per heavy atom. The minimum absolute atomic E-state index is 0.496. The predicted molar refractivity (Wildman–Crippen MR) is 125 cm³/mol. The highest BCUT2D eigenvalue weighted by Crippen LogP contribution is 2.35. The van der Waals surface area contributed by atoms with Crippen molar-refractivity contribution < 1.29 is 4.74 Å². The largest absolute Gasteiger partial charge is 0.468 e. The number of likely N-dealkylation sites (tertiary alicyclic amines) is 1. The second kappa shape index (κ2) is 9.04. The van der Waals surface area contributed by atoms with Gasteiger partial charge in [0.05, 0.1) is 17.3 Å². The average Bonchev–Trinajstić information content (AvgIpc) is 3.56. The highest BCUT2D eigenvalue weighted by molar-refractivity contribution is 7.99. The van der Waals surface area contributed by atoms with Crippen molar-refractivity contribution in [1.29, 1.82) is 5.26 Å². The maximum absolute atomic E-state index is 9.22. The van der Waals surface area contributed by atoms with E-state index in [1.165, 1.54) is 18.7 Å². The van der Waals surface area contributed by atoms with Gasteiger partial charge >= 0.3 is 0 Å².